The van der Waals surface area contributed by atoms with Gasteiger partial charge in [-0.1, -0.05) is 12.1 Å². The maximum Gasteiger partial charge on any atom is 0.259 e. The van der Waals surface area contributed by atoms with E-state index >= 15 is 0 Å². The quantitative estimate of drug-likeness (QED) is 0.799. The smallest absolute Gasteiger partial charge is 0.259 e. The van der Waals surface area contributed by atoms with Gasteiger partial charge < -0.3 is 10.1 Å². The van der Waals surface area contributed by atoms with Crippen LogP contribution in [-0.2, 0) is 4.79 Å². The van der Waals surface area contributed by atoms with Crippen molar-refractivity contribution < 1.29 is 14.3 Å². The van der Waals surface area contributed by atoms with Crippen LogP contribution in [0.15, 0.2) is 24.3 Å². The minimum Gasteiger partial charge on any atom is -0.483 e. The number of nitrogens with one attached hydrogen (secondary N) is 1. The van der Waals surface area contributed by atoms with Crippen LogP contribution in [0.3, 0.4) is 0 Å². The number of nitrogens with zero attached hydrogens (tertiary/aromatic N) is 1. The van der Waals surface area contributed by atoms with Crippen LogP contribution in [0.1, 0.15) is 30.1 Å². The Morgan fingerprint density at radius 1 is 1.55 bits per heavy atom. The second kappa shape index (κ2) is 5.74. The highest BCUT2D eigenvalue weighted by Crippen LogP contribution is 2.39. The Balaban J connectivity index is 1.92. The molecule has 1 aliphatic rings. The molecule has 2 rings (SSSR count). The van der Waals surface area contributed by atoms with E-state index in [1.165, 1.54) is 0 Å². The summed E-state index contributed by atoms with van der Waals surface area (Å²) in [6.45, 7) is 1.51. The largest absolute Gasteiger partial charge is 0.483 e. The zero-order valence-corrected chi connectivity index (χ0v) is 11.3. The number of nitriles is 1. The maximum absolute atomic E-state index is 11.8. The van der Waals surface area contributed by atoms with E-state index in [0.29, 0.717) is 17.6 Å². The molecule has 5 heteroatoms. The molecule has 1 aromatic rings. The summed E-state index contributed by atoms with van der Waals surface area (Å²) in [5.41, 5.74) is -0.435. The Labute approximate surface area is 117 Å². The van der Waals surface area contributed by atoms with Gasteiger partial charge in [-0.2, -0.15) is 5.26 Å². The van der Waals surface area contributed by atoms with E-state index < -0.39 is 5.54 Å². The van der Waals surface area contributed by atoms with Gasteiger partial charge in [0.1, 0.15) is 11.3 Å². The Hall–Kier alpha value is -2.35. The van der Waals surface area contributed by atoms with Gasteiger partial charge in [0, 0.05) is 0 Å². The number of hydrogen-bond acceptors (Lipinski definition) is 4. The van der Waals surface area contributed by atoms with Crippen molar-refractivity contribution in [2.45, 2.75) is 25.3 Å². The Bertz CT molecular complexity index is 560. The SMILES string of the molecule is C[C@](C#N)(NC(=O)COc1ccccc1C=O)C1CC1. The fraction of sp³-hybridized carbons (Fsp3) is 0.400. The highest BCUT2D eigenvalue weighted by Gasteiger charge is 2.43. The van der Waals surface area contributed by atoms with Crippen LogP contribution in [0.2, 0.25) is 0 Å². The molecule has 20 heavy (non-hydrogen) atoms. The van der Waals surface area contributed by atoms with E-state index in [9.17, 15) is 9.59 Å². The van der Waals surface area contributed by atoms with Crippen molar-refractivity contribution in [2.75, 3.05) is 6.61 Å². The molecule has 0 radical (unpaired) electrons. The number of amides is 1. The molecule has 1 aromatic carbocycles. The van der Waals surface area contributed by atoms with Crippen molar-refractivity contribution in [3.8, 4) is 11.8 Å². The minimum absolute atomic E-state index is 0.213. The summed E-state index contributed by atoms with van der Waals surface area (Å²) in [4.78, 5) is 22.7. The van der Waals surface area contributed by atoms with Gasteiger partial charge in [-0.15, -0.1) is 0 Å². The van der Waals surface area contributed by atoms with Gasteiger partial charge >= 0.3 is 0 Å². The second-order valence-corrected chi connectivity index (χ2v) is 5.08. The number of ether oxygens (including phenoxy) is 1. The second-order valence-electron chi connectivity index (χ2n) is 5.08. The topological polar surface area (TPSA) is 79.2 Å². The predicted octanol–water partition coefficient (Wildman–Crippen LogP) is 1.69. The van der Waals surface area contributed by atoms with E-state index in [2.05, 4.69) is 11.4 Å². The van der Waals surface area contributed by atoms with Gasteiger partial charge in [-0.3, -0.25) is 9.59 Å². The van der Waals surface area contributed by atoms with Crippen molar-refractivity contribution in [3.63, 3.8) is 0 Å². The number of carbonyl (C=O) groups is 2. The predicted molar refractivity (Wildman–Crippen MR) is 72.2 cm³/mol. The van der Waals surface area contributed by atoms with E-state index in [1.54, 1.807) is 31.2 Å². The van der Waals surface area contributed by atoms with Gasteiger partial charge in [-0.05, 0) is 37.8 Å². The van der Waals surface area contributed by atoms with Crippen LogP contribution < -0.4 is 10.1 Å². The number of aldehydes is 1. The first-order valence-electron chi connectivity index (χ1n) is 6.48. The molecule has 0 aromatic heterocycles. The molecule has 104 valence electrons. The molecule has 1 atom stereocenters. The lowest BCUT2D eigenvalue weighted by molar-refractivity contribution is -0.124. The summed E-state index contributed by atoms with van der Waals surface area (Å²) in [7, 11) is 0. The number of rotatable bonds is 6. The summed E-state index contributed by atoms with van der Waals surface area (Å²) in [6.07, 6.45) is 2.59. The Morgan fingerprint density at radius 2 is 2.25 bits per heavy atom. The van der Waals surface area contributed by atoms with Crippen LogP contribution in [0.5, 0.6) is 5.75 Å². The molecule has 1 fully saturated rings. The zero-order valence-electron chi connectivity index (χ0n) is 11.3. The molecule has 0 spiro atoms. The number of carbonyl (C=O) groups excluding carboxylic acids is 2. The van der Waals surface area contributed by atoms with Gasteiger partial charge in [0.05, 0.1) is 11.6 Å². The Morgan fingerprint density at radius 3 is 2.85 bits per heavy atom. The van der Waals surface area contributed by atoms with E-state index in [4.69, 9.17) is 10.00 Å². The molecule has 1 aliphatic carbocycles. The Kier molecular flexibility index (Phi) is 4.04. The first-order valence-corrected chi connectivity index (χ1v) is 6.48. The van der Waals surface area contributed by atoms with Crippen molar-refractivity contribution in [1.82, 2.24) is 5.32 Å². The third kappa shape index (κ3) is 3.15. The summed E-state index contributed by atoms with van der Waals surface area (Å²) in [6, 6.07) is 8.83. The molecular weight excluding hydrogens is 256 g/mol. The van der Waals surface area contributed by atoms with E-state index in [1.807, 2.05) is 0 Å². The van der Waals surface area contributed by atoms with Crippen molar-refractivity contribution >= 4 is 12.2 Å². The standard InChI is InChI=1S/C15H16N2O3/c1-15(10-16,12-6-7-12)17-14(19)9-20-13-5-3-2-4-11(13)8-18/h2-5,8,12H,6-7,9H2,1H3,(H,17,19)/t15-/m1/s1. The van der Waals surface area contributed by atoms with Gasteiger partial charge in [0.25, 0.3) is 5.91 Å². The third-order valence-electron chi connectivity index (χ3n) is 3.43. The molecule has 0 saturated heterocycles. The molecule has 1 saturated carbocycles. The van der Waals surface area contributed by atoms with Crippen LogP contribution in [0, 0.1) is 17.2 Å². The fourth-order valence-electron chi connectivity index (χ4n) is 2.06. The van der Waals surface area contributed by atoms with Gasteiger partial charge in [0.15, 0.2) is 12.9 Å². The highest BCUT2D eigenvalue weighted by atomic mass is 16.5. The van der Waals surface area contributed by atoms with Crippen molar-refractivity contribution in [1.29, 1.82) is 5.26 Å². The minimum atomic E-state index is -0.829. The summed E-state index contributed by atoms with van der Waals surface area (Å²) < 4.78 is 5.33. The average Bonchev–Trinajstić information content (AvgIpc) is 3.30. The third-order valence-corrected chi connectivity index (χ3v) is 3.43. The molecule has 0 unspecified atom stereocenters. The lowest BCUT2D eigenvalue weighted by atomic mass is 9.98. The maximum atomic E-state index is 11.8. The molecular formula is C15H16N2O3. The normalized spacial score (nSPS) is 16.6. The van der Waals surface area contributed by atoms with Crippen LogP contribution in [0.4, 0.5) is 0 Å². The number of hydrogen-bond donors (Lipinski definition) is 1. The summed E-state index contributed by atoms with van der Waals surface area (Å²) in [5, 5.41) is 11.9. The first-order chi connectivity index (χ1) is 9.59. The van der Waals surface area contributed by atoms with Crippen LogP contribution in [-0.4, -0.2) is 24.3 Å². The highest BCUT2D eigenvalue weighted by molar-refractivity contribution is 5.81. The van der Waals surface area contributed by atoms with Gasteiger partial charge in [0.2, 0.25) is 0 Å². The molecule has 1 N–H and O–H groups in total. The molecule has 0 aliphatic heterocycles. The van der Waals surface area contributed by atoms with Crippen molar-refractivity contribution in [3.05, 3.63) is 29.8 Å². The summed E-state index contributed by atoms with van der Waals surface area (Å²) in [5.74, 6) is 0.225. The van der Waals surface area contributed by atoms with Crippen LogP contribution >= 0.6 is 0 Å². The van der Waals surface area contributed by atoms with Crippen molar-refractivity contribution in [2.24, 2.45) is 5.92 Å². The lowest BCUT2D eigenvalue weighted by Gasteiger charge is -2.22. The fourth-order valence-corrected chi connectivity index (χ4v) is 2.06. The molecule has 1 amide bonds. The van der Waals surface area contributed by atoms with E-state index in [-0.39, 0.29) is 18.4 Å². The molecule has 0 heterocycles. The monoisotopic (exact) mass is 272 g/mol. The number of benzene rings is 1. The lowest BCUT2D eigenvalue weighted by Crippen LogP contribution is -2.48. The van der Waals surface area contributed by atoms with Gasteiger partial charge in [-0.25, -0.2) is 0 Å². The average molecular weight is 272 g/mol. The molecule has 5 nitrogen and oxygen atoms in total. The van der Waals surface area contributed by atoms with Crippen LogP contribution in [0.25, 0.3) is 0 Å². The van der Waals surface area contributed by atoms with E-state index in [0.717, 1.165) is 12.8 Å². The molecule has 0 bridgehead atoms. The summed E-state index contributed by atoms with van der Waals surface area (Å²) >= 11 is 0. The first kappa shape index (κ1) is 14.1. The zero-order chi connectivity index (χ0) is 14.6. The number of para-hydroxylation sites is 1.